The fourth-order valence-corrected chi connectivity index (χ4v) is 4.73. The number of aliphatic hydroxyl groups is 1. The summed E-state index contributed by atoms with van der Waals surface area (Å²) in [5, 5.41) is 20.9. The molecule has 0 spiro atoms. The third kappa shape index (κ3) is 3.65. The predicted octanol–water partition coefficient (Wildman–Crippen LogP) is 4.34. The zero-order valence-electron chi connectivity index (χ0n) is 15.9. The van der Waals surface area contributed by atoms with Gasteiger partial charge in [-0.15, -0.1) is 0 Å². The maximum atomic E-state index is 10.8. The van der Waals surface area contributed by atoms with Gasteiger partial charge in [-0.25, -0.2) is 0 Å². The van der Waals surface area contributed by atoms with E-state index in [1.54, 1.807) is 7.11 Å². The summed E-state index contributed by atoms with van der Waals surface area (Å²) < 4.78 is 11.5. The van der Waals surface area contributed by atoms with Crippen molar-refractivity contribution in [3.05, 3.63) is 23.3 Å². The Morgan fingerprint density at radius 1 is 1.32 bits per heavy atom. The number of hydrogen-bond donors (Lipinski definition) is 2. The normalized spacial score (nSPS) is 28.6. The molecule has 4 unspecified atom stereocenters. The maximum Gasteiger partial charge on any atom is 0.127 e. The first-order valence-electron chi connectivity index (χ1n) is 9.56. The minimum absolute atomic E-state index is 0.167. The Morgan fingerprint density at radius 2 is 2.08 bits per heavy atom. The summed E-state index contributed by atoms with van der Waals surface area (Å²) in [4.78, 5) is 0. The van der Waals surface area contributed by atoms with Crippen LogP contribution in [-0.4, -0.2) is 35.6 Å². The van der Waals surface area contributed by atoms with E-state index in [-0.39, 0.29) is 17.6 Å². The van der Waals surface area contributed by atoms with E-state index in [4.69, 9.17) is 9.47 Å². The van der Waals surface area contributed by atoms with Gasteiger partial charge in [0.05, 0.1) is 6.10 Å². The smallest absolute Gasteiger partial charge is 0.127 e. The van der Waals surface area contributed by atoms with Crippen molar-refractivity contribution in [1.82, 2.24) is 0 Å². The van der Waals surface area contributed by atoms with Crippen LogP contribution in [0.3, 0.4) is 0 Å². The summed E-state index contributed by atoms with van der Waals surface area (Å²) in [5.41, 5.74) is 1.73. The van der Waals surface area contributed by atoms with Crippen molar-refractivity contribution in [1.29, 1.82) is 0 Å². The molecule has 1 saturated carbocycles. The molecule has 3 rings (SSSR count). The second kappa shape index (κ2) is 7.16. The Hall–Kier alpha value is -1.26. The van der Waals surface area contributed by atoms with Crippen LogP contribution in [0.4, 0.5) is 0 Å². The molecule has 0 amide bonds. The minimum Gasteiger partial charge on any atom is -0.508 e. The van der Waals surface area contributed by atoms with Gasteiger partial charge in [-0.3, -0.25) is 0 Å². The summed E-state index contributed by atoms with van der Waals surface area (Å²) >= 11 is 0. The number of benzene rings is 1. The molecule has 2 N–H and O–H groups in total. The number of fused-ring (bicyclic) bond motifs is 3. The molecule has 25 heavy (non-hydrogen) atoms. The van der Waals surface area contributed by atoms with Crippen molar-refractivity contribution >= 4 is 0 Å². The molecular formula is C21H32O4. The van der Waals surface area contributed by atoms with Crippen molar-refractivity contribution in [2.45, 2.75) is 76.4 Å². The van der Waals surface area contributed by atoms with Gasteiger partial charge in [0.1, 0.15) is 17.1 Å². The molecule has 1 aliphatic heterocycles. The van der Waals surface area contributed by atoms with E-state index < -0.39 is 0 Å². The van der Waals surface area contributed by atoms with Crippen LogP contribution in [0.5, 0.6) is 11.5 Å². The lowest BCUT2D eigenvalue weighted by atomic mass is 9.65. The zero-order valence-corrected chi connectivity index (χ0v) is 15.9. The summed E-state index contributed by atoms with van der Waals surface area (Å²) in [6, 6.07) is 4.00. The highest BCUT2D eigenvalue weighted by Gasteiger charge is 2.47. The molecule has 1 heterocycles. The van der Waals surface area contributed by atoms with E-state index in [0.29, 0.717) is 24.0 Å². The first-order chi connectivity index (χ1) is 11.8. The summed E-state index contributed by atoms with van der Waals surface area (Å²) in [7, 11) is 1.72. The quantitative estimate of drug-likeness (QED) is 0.777. The van der Waals surface area contributed by atoms with Gasteiger partial charge in [-0.05, 0) is 69.6 Å². The molecule has 0 saturated heterocycles. The van der Waals surface area contributed by atoms with Crippen molar-refractivity contribution < 1.29 is 19.7 Å². The molecule has 0 radical (unpaired) electrons. The third-order valence-electron chi connectivity index (χ3n) is 6.16. The number of hydrogen-bond acceptors (Lipinski definition) is 4. The van der Waals surface area contributed by atoms with Crippen LogP contribution in [0, 0.1) is 5.92 Å². The molecule has 4 nitrogen and oxygen atoms in total. The molecule has 0 aromatic heterocycles. The highest BCUT2D eigenvalue weighted by molar-refractivity contribution is 5.52. The highest BCUT2D eigenvalue weighted by Crippen LogP contribution is 2.54. The number of ether oxygens (including phenoxy) is 2. The number of rotatable bonds is 5. The van der Waals surface area contributed by atoms with Crippen LogP contribution >= 0.6 is 0 Å². The van der Waals surface area contributed by atoms with Crippen molar-refractivity contribution in [2.24, 2.45) is 5.92 Å². The van der Waals surface area contributed by atoms with E-state index in [1.165, 1.54) is 0 Å². The number of phenols is 1. The molecular weight excluding hydrogens is 316 g/mol. The van der Waals surface area contributed by atoms with Gasteiger partial charge in [-0.2, -0.15) is 0 Å². The second-order valence-corrected chi connectivity index (χ2v) is 8.37. The molecule has 1 fully saturated rings. The Bertz CT molecular complexity index is 610. The van der Waals surface area contributed by atoms with Gasteiger partial charge in [0, 0.05) is 31.1 Å². The largest absolute Gasteiger partial charge is 0.508 e. The molecule has 1 aliphatic carbocycles. The molecule has 1 aromatic rings. The lowest BCUT2D eigenvalue weighted by Gasteiger charge is -2.48. The fraction of sp³-hybridized carbons (Fsp3) is 0.714. The molecule has 1 aromatic carbocycles. The van der Waals surface area contributed by atoms with Crippen LogP contribution in [0.15, 0.2) is 12.1 Å². The fourth-order valence-electron chi connectivity index (χ4n) is 4.73. The van der Waals surface area contributed by atoms with Crippen LogP contribution in [0.1, 0.15) is 75.8 Å². The third-order valence-corrected chi connectivity index (χ3v) is 6.16. The summed E-state index contributed by atoms with van der Waals surface area (Å²) in [6.45, 7) is 7.21. The SMILES string of the molecule is COCCCC(C)c1cc(O)c2c(c1)OC(C)(C)C1CCC(O)CC21. The lowest BCUT2D eigenvalue weighted by molar-refractivity contribution is -0.0317. The van der Waals surface area contributed by atoms with Gasteiger partial charge in [0.15, 0.2) is 0 Å². The summed E-state index contributed by atoms with van der Waals surface area (Å²) in [6.07, 6.45) is 4.20. The highest BCUT2D eigenvalue weighted by atomic mass is 16.5. The van der Waals surface area contributed by atoms with E-state index >= 15 is 0 Å². The van der Waals surface area contributed by atoms with Crippen LogP contribution in [0.25, 0.3) is 0 Å². The monoisotopic (exact) mass is 348 g/mol. The van der Waals surface area contributed by atoms with Gasteiger partial charge in [0.2, 0.25) is 0 Å². The molecule has 2 aliphatic rings. The van der Waals surface area contributed by atoms with E-state index in [9.17, 15) is 10.2 Å². The summed E-state index contributed by atoms with van der Waals surface area (Å²) in [5.74, 6) is 1.96. The Balaban J connectivity index is 1.92. The molecule has 4 heteroatoms. The van der Waals surface area contributed by atoms with E-state index in [0.717, 1.165) is 49.2 Å². The predicted molar refractivity (Wildman–Crippen MR) is 98.4 cm³/mol. The van der Waals surface area contributed by atoms with Crippen molar-refractivity contribution in [3.63, 3.8) is 0 Å². The van der Waals surface area contributed by atoms with Crippen molar-refractivity contribution in [2.75, 3.05) is 13.7 Å². The molecule has 0 bridgehead atoms. The number of phenolic OH excluding ortho intramolecular Hbond substituents is 1. The maximum absolute atomic E-state index is 10.8. The van der Waals surface area contributed by atoms with Gasteiger partial charge in [0.25, 0.3) is 0 Å². The van der Waals surface area contributed by atoms with Crippen LogP contribution in [0.2, 0.25) is 0 Å². The van der Waals surface area contributed by atoms with Crippen molar-refractivity contribution in [3.8, 4) is 11.5 Å². The lowest BCUT2D eigenvalue weighted by Crippen LogP contribution is -2.47. The Labute approximate surface area is 151 Å². The topological polar surface area (TPSA) is 58.9 Å². The standard InChI is InChI=1S/C21H32O4/c1-13(6-5-9-24-4)14-10-18(23)20-16-12-15(22)7-8-17(16)21(2,3)25-19(20)11-14/h10-11,13,15-17,22-23H,5-9,12H2,1-4H3. The Morgan fingerprint density at radius 3 is 2.80 bits per heavy atom. The minimum atomic E-state index is -0.282. The van der Waals surface area contributed by atoms with Gasteiger partial charge in [-0.1, -0.05) is 6.92 Å². The molecule has 4 atom stereocenters. The van der Waals surface area contributed by atoms with E-state index in [2.05, 4.69) is 26.8 Å². The first-order valence-corrected chi connectivity index (χ1v) is 9.56. The number of aromatic hydroxyl groups is 1. The van der Waals surface area contributed by atoms with Crippen LogP contribution < -0.4 is 4.74 Å². The average molecular weight is 348 g/mol. The first kappa shape index (κ1) is 18.5. The zero-order chi connectivity index (χ0) is 18.2. The number of aliphatic hydroxyl groups excluding tert-OH is 1. The van der Waals surface area contributed by atoms with Crippen LogP contribution in [-0.2, 0) is 4.74 Å². The van der Waals surface area contributed by atoms with Gasteiger partial charge >= 0.3 is 0 Å². The molecule has 140 valence electrons. The average Bonchev–Trinajstić information content (AvgIpc) is 2.53. The number of methoxy groups -OCH3 is 1. The van der Waals surface area contributed by atoms with E-state index in [1.807, 2.05) is 6.07 Å². The second-order valence-electron chi connectivity index (χ2n) is 8.37. The Kier molecular flexibility index (Phi) is 5.31. The van der Waals surface area contributed by atoms with Gasteiger partial charge < -0.3 is 19.7 Å².